The number of carbonyl (C=O) groups is 1. The van der Waals surface area contributed by atoms with Crippen LogP contribution in [0.15, 0.2) is 71.6 Å². The van der Waals surface area contributed by atoms with Crippen molar-refractivity contribution < 1.29 is 13.2 Å². The van der Waals surface area contributed by atoms with Gasteiger partial charge in [-0.3, -0.25) is 4.79 Å². The van der Waals surface area contributed by atoms with Gasteiger partial charge in [0.2, 0.25) is 15.9 Å². The highest BCUT2D eigenvalue weighted by atomic mass is 32.2. The number of anilines is 1. The van der Waals surface area contributed by atoms with Crippen molar-refractivity contribution in [3.8, 4) is 0 Å². The van der Waals surface area contributed by atoms with E-state index in [1.54, 1.807) is 17.0 Å². The van der Waals surface area contributed by atoms with Crippen LogP contribution in [0.3, 0.4) is 0 Å². The van der Waals surface area contributed by atoms with Gasteiger partial charge in [-0.25, -0.2) is 8.42 Å². The summed E-state index contributed by atoms with van der Waals surface area (Å²) in [7, 11) is -4.05. The van der Waals surface area contributed by atoms with Crippen molar-refractivity contribution in [2.24, 2.45) is 0 Å². The summed E-state index contributed by atoms with van der Waals surface area (Å²) in [6, 6.07) is 19.0. The average molecular weight is 495 g/mol. The molecule has 0 fully saturated rings. The van der Waals surface area contributed by atoms with Crippen LogP contribution in [-0.4, -0.2) is 35.7 Å². The second-order valence-electron chi connectivity index (χ2n) is 8.10. The molecule has 7 nitrogen and oxygen atoms in total. The van der Waals surface area contributed by atoms with Crippen molar-refractivity contribution in [2.45, 2.75) is 38.1 Å². The second kappa shape index (κ2) is 10.0. The van der Waals surface area contributed by atoms with Crippen LogP contribution in [0.5, 0.6) is 0 Å². The number of likely N-dealkylation sites (N-methyl/N-ethyl adjacent to an activating group) is 1. The van der Waals surface area contributed by atoms with Gasteiger partial charge in [-0.15, -0.1) is 0 Å². The van der Waals surface area contributed by atoms with Crippen LogP contribution in [0.25, 0.3) is 11.0 Å². The van der Waals surface area contributed by atoms with Gasteiger partial charge in [0.1, 0.15) is 22.0 Å². The van der Waals surface area contributed by atoms with E-state index < -0.39 is 16.1 Å². The highest BCUT2D eigenvalue weighted by molar-refractivity contribution is 7.89. The van der Waals surface area contributed by atoms with E-state index in [0.29, 0.717) is 17.6 Å². The summed E-state index contributed by atoms with van der Waals surface area (Å²) in [5.74, 6) is -0.318. The molecule has 176 valence electrons. The Morgan fingerprint density at radius 2 is 1.76 bits per heavy atom. The van der Waals surface area contributed by atoms with Crippen LogP contribution < -0.4 is 9.62 Å². The summed E-state index contributed by atoms with van der Waals surface area (Å²) >= 11 is 0.952. The van der Waals surface area contributed by atoms with E-state index in [-0.39, 0.29) is 17.2 Å². The molecule has 0 radical (unpaired) electrons. The molecule has 1 N–H and O–H groups in total. The zero-order valence-corrected chi connectivity index (χ0v) is 20.9. The normalized spacial score (nSPS) is 12.6. The third-order valence-corrected chi connectivity index (χ3v) is 7.85. The molecule has 34 heavy (non-hydrogen) atoms. The van der Waals surface area contributed by atoms with Crippen molar-refractivity contribution in [1.82, 2.24) is 13.5 Å². The van der Waals surface area contributed by atoms with E-state index in [0.717, 1.165) is 34.1 Å². The van der Waals surface area contributed by atoms with E-state index in [1.165, 1.54) is 6.07 Å². The first-order chi connectivity index (χ1) is 16.3. The number of hydrogen-bond donors (Lipinski definition) is 1. The molecule has 0 aliphatic heterocycles. The zero-order valence-electron chi connectivity index (χ0n) is 19.2. The molecule has 0 aliphatic rings. The number of hydrogen-bond acceptors (Lipinski definition) is 6. The quantitative estimate of drug-likeness (QED) is 0.395. The number of aryl methyl sites for hydroxylation is 2. The molecule has 0 aliphatic carbocycles. The first-order valence-corrected chi connectivity index (χ1v) is 13.2. The number of sulfonamides is 1. The molecule has 1 amide bonds. The molecule has 4 aromatic rings. The molecule has 1 atom stereocenters. The maximum atomic E-state index is 13.8. The van der Waals surface area contributed by atoms with Gasteiger partial charge in [-0.2, -0.15) is 13.5 Å². The Labute approximate surface area is 203 Å². The number of rotatable bonds is 8. The minimum Gasteiger partial charge on any atom is -0.311 e. The topological polar surface area (TPSA) is 92.3 Å². The maximum absolute atomic E-state index is 13.8. The van der Waals surface area contributed by atoms with Gasteiger partial charge in [0.15, 0.2) is 0 Å². The van der Waals surface area contributed by atoms with E-state index in [4.69, 9.17) is 0 Å². The van der Waals surface area contributed by atoms with Crippen LogP contribution in [0, 0.1) is 13.8 Å². The Bertz CT molecular complexity index is 1420. The molecule has 4 rings (SSSR count). The zero-order chi connectivity index (χ0) is 24.3. The number of benzene rings is 3. The Balaban J connectivity index is 1.72. The molecule has 0 saturated heterocycles. The van der Waals surface area contributed by atoms with Crippen molar-refractivity contribution in [3.05, 3.63) is 83.4 Å². The van der Waals surface area contributed by atoms with E-state index in [9.17, 15) is 13.2 Å². The van der Waals surface area contributed by atoms with Gasteiger partial charge in [0.25, 0.3) is 0 Å². The lowest BCUT2D eigenvalue weighted by Gasteiger charge is -2.27. The SMILES string of the molecule is CCN(C(=O)[C@@H](Cc1ccccc1)NS(=O)(=O)c1cccc2nsnc12)c1ccc(C)c(C)c1. The lowest BCUT2D eigenvalue weighted by molar-refractivity contribution is -0.120. The lowest BCUT2D eigenvalue weighted by atomic mass is 10.0. The van der Waals surface area contributed by atoms with Crippen LogP contribution in [0.2, 0.25) is 0 Å². The van der Waals surface area contributed by atoms with Gasteiger partial charge in [-0.1, -0.05) is 42.5 Å². The molecule has 9 heteroatoms. The van der Waals surface area contributed by atoms with Crippen LogP contribution in [0.4, 0.5) is 5.69 Å². The van der Waals surface area contributed by atoms with Crippen molar-refractivity contribution in [3.63, 3.8) is 0 Å². The molecular formula is C25H26N4O3S2. The molecule has 1 heterocycles. The Morgan fingerprint density at radius 3 is 2.47 bits per heavy atom. The molecule has 0 spiro atoms. The highest BCUT2D eigenvalue weighted by Gasteiger charge is 2.31. The van der Waals surface area contributed by atoms with Gasteiger partial charge in [-0.05, 0) is 68.1 Å². The van der Waals surface area contributed by atoms with Gasteiger partial charge >= 0.3 is 0 Å². The van der Waals surface area contributed by atoms with Gasteiger partial charge in [0.05, 0.1) is 11.7 Å². The van der Waals surface area contributed by atoms with Crippen molar-refractivity contribution in [1.29, 1.82) is 0 Å². The van der Waals surface area contributed by atoms with Gasteiger partial charge < -0.3 is 4.90 Å². The van der Waals surface area contributed by atoms with E-state index >= 15 is 0 Å². The van der Waals surface area contributed by atoms with E-state index in [2.05, 4.69) is 13.5 Å². The minimum absolute atomic E-state index is 0.0128. The summed E-state index contributed by atoms with van der Waals surface area (Å²) in [5.41, 5.74) is 4.58. The predicted molar refractivity (Wildman–Crippen MR) is 136 cm³/mol. The van der Waals surface area contributed by atoms with Crippen LogP contribution >= 0.6 is 11.7 Å². The number of carbonyl (C=O) groups excluding carboxylic acids is 1. The minimum atomic E-state index is -4.05. The fraction of sp³-hybridized carbons (Fsp3) is 0.240. The smallest absolute Gasteiger partial charge is 0.245 e. The Morgan fingerprint density at radius 1 is 1.00 bits per heavy atom. The molecule has 0 unspecified atom stereocenters. The summed E-state index contributed by atoms with van der Waals surface area (Å²) in [5, 5.41) is 0. The third kappa shape index (κ3) is 5.01. The third-order valence-electron chi connectivity index (χ3n) is 5.80. The largest absolute Gasteiger partial charge is 0.311 e. The maximum Gasteiger partial charge on any atom is 0.245 e. The molecule has 3 aromatic carbocycles. The number of nitrogens with one attached hydrogen (secondary N) is 1. The number of nitrogens with zero attached hydrogens (tertiary/aromatic N) is 3. The molecule has 0 bridgehead atoms. The summed E-state index contributed by atoms with van der Waals surface area (Å²) in [4.78, 5) is 15.4. The molecule has 0 saturated carbocycles. The fourth-order valence-corrected chi connectivity index (χ4v) is 5.78. The summed E-state index contributed by atoms with van der Waals surface area (Å²) in [6.45, 7) is 6.28. The monoisotopic (exact) mass is 494 g/mol. The molecular weight excluding hydrogens is 468 g/mol. The number of amides is 1. The van der Waals surface area contributed by atoms with Crippen molar-refractivity contribution >= 4 is 44.4 Å². The first-order valence-electron chi connectivity index (χ1n) is 11.0. The number of aromatic nitrogens is 2. The predicted octanol–water partition coefficient (Wildman–Crippen LogP) is 4.25. The Kier molecular flexibility index (Phi) is 7.06. The molecule has 1 aromatic heterocycles. The lowest BCUT2D eigenvalue weighted by Crippen LogP contribution is -2.50. The first kappa shape index (κ1) is 24.0. The second-order valence-corrected chi connectivity index (χ2v) is 10.3. The number of fused-ring (bicyclic) bond motifs is 1. The van der Waals surface area contributed by atoms with Crippen molar-refractivity contribution in [2.75, 3.05) is 11.4 Å². The fourth-order valence-electron chi connectivity index (χ4n) is 3.83. The Hall–Kier alpha value is -3.14. The summed E-state index contributed by atoms with van der Waals surface area (Å²) < 4.78 is 37.9. The van der Waals surface area contributed by atoms with Crippen LogP contribution in [-0.2, 0) is 21.2 Å². The van der Waals surface area contributed by atoms with Crippen LogP contribution in [0.1, 0.15) is 23.6 Å². The van der Waals surface area contributed by atoms with Gasteiger partial charge in [0, 0.05) is 12.2 Å². The highest BCUT2D eigenvalue weighted by Crippen LogP contribution is 2.24. The summed E-state index contributed by atoms with van der Waals surface area (Å²) in [6.07, 6.45) is 0.214. The average Bonchev–Trinajstić information content (AvgIpc) is 3.31. The standard InChI is InChI=1S/C25H26N4O3S2/c1-4-29(20-14-13-17(2)18(3)15-20)25(30)22(16-19-9-6-5-7-10-19)28-34(31,32)23-12-8-11-21-24(23)27-33-26-21/h5-15,22,28H,4,16H2,1-3H3/t22-/m1/s1. The van der Waals surface area contributed by atoms with E-state index in [1.807, 2.05) is 69.3 Å².